The van der Waals surface area contributed by atoms with E-state index in [4.69, 9.17) is 11.1 Å². The molecule has 4 rings (SSSR count). The van der Waals surface area contributed by atoms with Gasteiger partial charge in [0, 0.05) is 32.5 Å². The molecule has 42 heavy (non-hydrogen) atoms. The molecule has 2 aliphatic heterocycles. The summed E-state index contributed by atoms with van der Waals surface area (Å²) in [6.45, 7) is 5.21. The number of anilines is 1. The number of benzene rings is 2. The number of aromatic carboxylic acids is 1. The minimum Gasteiger partial charge on any atom is -0.478 e. The molecule has 3 amide bonds. The summed E-state index contributed by atoms with van der Waals surface area (Å²) >= 11 is 0. The second-order valence-electron chi connectivity index (χ2n) is 11.1. The lowest BCUT2D eigenvalue weighted by Crippen LogP contribution is -2.67. The molecule has 2 aromatic carbocycles. The molecule has 0 bridgehead atoms. The summed E-state index contributed by atoms with van der Waals surface area (Å²) in [6, 6.07) is 11.0. The van der Waals surface area contributed by atoms with E-state index in [0.717, 1.165) is 17.1 Å². The predicted octanol–water partition coefficient (Wildman–Crippen LogP) is 2.81. The Labute approximate surface area is 246 Å². The smallest absolute Gasteiger partial charge is 0.424 e. The fourth-order valence-electron chi connectivity index (χ4n) is 6.02. The van der Waals surface area contributed by atoms with Gasteiger partial charge < -0.3 is 21.1 Å². The van der Waals surface area contributed by atoms with Gasteiger partial charge in [0.15, 0.2) is 12.0 Å². The number of hydrogen-bond acceptors (Lipinski definition) is 6. The molecule has 0 aromatic heterocycles. The van der Waals surface area contributed by atoms with Gasteiger partial charge in [-0.2, -0.15) is 4.48 Å². The number of nitrogens with one attached hydrogen (secondary N) is 2. The second kappa shape index (κ2) is 12.5. The van der Waals surface area contributed by atoms with Crippen LogP contribution in [-0.2, 0) is 14.8 Å². The first-order valence-electron chi connectivity index (χ1n) is 14.1. The molecule has 0 radical (unpaired) electrons. The van der Waals surface area contributed by atoms with Gasteiger partial charge in [0.05, 0.1) is 22.7 Å². The Morgan fingerprint density at radius 1 is 1.10 bits per heavy atom. The average molecular weight is 600 g/mol. The van der Waals surface area contributed by atoms with Crippen LogP contribution in [0, 0.1) is 11.3 Å². The maximum atomic E-state index is 14.4. The van der Waals surface area contributed by atoms with Crippen LogP contribution in [0.2, 0.25) is 0 Å². The normalized spacial score (nSPS) is 21.9. The fourth-order valence-corrected chi connectivity index (χ4v) is 7.63. The number of urea groups is 1. The molecule has 2 aromatic rings. The summed E-state index contributed by atoms with van der Waals surface area (Å²) in [6.07, 6.45) is 2.78. The van der Waals surface area contributed by atoms with Gasteiger partial charge in [-0.3, -0.25) is 5.41 Å². The van der Waals surface area contributed by atoms with Crippen molar-refractivity contribution >= 4 is 39.6 Å². The molecule has 2 aliphatic rings. The number of nitrogens with zero attached hydrogens (tertiary/aromatic N) is 3. The highest BCUT2D eigenvalue weighted by molar-refractivity contribution is 7.93. The highest BCUT2D eigenvalue weighted by atomic mass is 32.2. The van der Waals surface area contributed by atoms with Gasteiger partial charge in [-0.25, -0.2) is 27.1 Å². The van der Waals surface area contributed by atoms with E-state index < -0.39 is 38.5 Å². The van der Waals surface area contributed by atoms with Crippen molar-refractivity contribution in [2.45, 2.75) is 56.5 Å². The third-order valence-electron chi connectivity index (χ3n) is 8.52. The van der Waals surface area contributed by atoms with Crippen LogP contribution in [0.15, 0.2) is 59.5 Å². The standard InChI is InChI=1S/C29H38N6O6S/c1-20-7-6-18-35(20,29(39)32-19-22-14-16-33(17-15-22)28(30)31)26(36)21(2)34(24-8-4-3-5-9-24)42(40,41)25-12-10-23(11-13-25)27(37)38/h3-5,8-13,20-22H,6-7,14-19H2,1-2H3,(H4-,30,31,32,37,38,39)/p+1/t20-,21+,35?/m1/s1. The number of amides is 3. The predicted molar refractivity (Wildman–Crippen MR) is 157 cm³/mol. The lowest BCUT2D eigenvalue weighted by molar-refractivity contribution is -0.785. The van der Waals surface area contributed by atoms with Gasteiger partial charge in [0.25, 0.3) is 10.0 Å². The van der Waals surface area contributed by atoms with Crippen molar-refractivity contribution in [2.24, 2.45) is 11.7 Å². The van der Waals surface area contributed by atoms with E-state index in [0.29, 0.717) is 32.5 Å². The van der Waals surface area contributed by atoms with Crippen LogP contribution in [0.25, 0.3) is 0 Å². The zero-order valence-corrected chi connectivity index (χ0v) is 24.7. The summed E-state index contributed by atoms with van der Waals surface area (Å²) in [5.74, 6) is -1.51. The number of nitrogens with two attached hydrogens (primary N) is 1. The highest BCUT2D eigenvalue weighted by Crippen LogP contribution is 2.33. The number of carbonyl (C=O) groups is 3. The minimum absolute atomic E-state index is 0.0308. The van der Waals surface area contributed by atoms with Crippen molar-refractivity contribution in [3.63, 3.8) is 0 Å². The quantitative estimate of drug-likeness (QED) is 0.204. The zero-order valence-electron chi connectivity index (χ0n) is 23.9. The van der Waals surface area contributed by atoms with E-state index >= 15 is 0 Å². The van der Waals surface area contributed by atoms with Crippen LogP contribution < -0.4 is 15.4 Å². The second-order valence-corrected chi connectivity index (χ2v) is 12.9. The van der Waals surface area contributed by atoms with E-state index in [1.165, 1.54) is 31.2 Å². The van der Waals surface area contributed by atoms with Crippen LogP contribution in [-0.4, -0.2) is 85.0 Å². The largest absolute Gasteiger partial charge is 0.478 e. The van der Waals surface area contributed by atoms with E-state index in [1.54, 1.807) is 35.2 Å². The van der Waals surface area contributed by atoms with Crippen LogP contribution in [0.1, 0.15) is 49.9 Å². The van der Waals surface area contributed by atoms with Gasteiger partial charge in [-0.05, 0) is 69.0 Å². The van der Waals surface area contributed by atoms with Crippen molar-refractivity contribution in [3.8, 4) is 0 Å². The van der Waals surface area contributed by atoms with Crippen molar-refractivity contribution in [1.29, 1.82) is 5.41 Å². The van der Waals surface area contributed by atoms with Crippen molar-refractivity contribution in [2.75, 3.05) is 30.5 Å². The van der Waals surface area contributed by atoms with Gasteiger partial charge >= 0.3 is 17.9 Å². The number of likely N-dealkylation sites (tertiary alicyclic amines) is 2. The molecule has 0 aliphatic carbocycles. The van der Waals surface area contributed by atoms with E-state index in [2.05, 4.69) is 5.32 Å². The average Bonchev–Trinajstić information content (AvgIpc) is 3.38. The number of rotatable bonds is 8. The number of carboxylic acid groups (broad SMARTS) is 1. The van der Waals surface area contributed by atoms with Crippen molar-refractivity contribution in [3.05, 3.63) is 60.2 Å². The number of para-hydroxylation sites is 1. The Morgan fingerprint density at radius 3 is 2.24 bits per heavy atom. The lowest BCUT2D eigenvalue weighted by atomic mass is 9.97. The molecule has 1 unspecified atom stereocenters. The number of hydrogen-bond donors (Lipinski definition) is 4. The summed E-state index contributed by atoms with van der Waals surface area (Å²) in [5.41, 5.74) is 5.78. The summed E-state index contributed by atoms with van der Waals surface area (Å²) < 4.78 is 28.6. The molecular formula is C29H39N6O6S+. The minimum atomic E-state index is -4.34. The summed E-state index contributed by atoms with van der Waals surface area (Å²) in [7, 11) is -4.34. The molecular weight excluding hydrogens is 560 g/mol. The van der Waals surface area contributed by atoms with Crippen LogP contribution >= 0.6 is 0 Å². The molecule has 2 fully saturated rings. The van der Waals surface area contributed by atoms with Gasteiger partial charge in [-0.1, -0.05) is 18.2 Å². The molecule has 2 saturated heterocycles. The van der Waals surface area contributed by atoms with Crippen molar-refractivity contribution < 1.29 is 32.4 Å². The van der Waals surface area contributed by atoms with Crippen LogP contribution in [0.5, 0.6) is 0 Å². The molecule has 0 saturated carbocycles. The molecule has 226 valence electrons. The SMILES string of the molecule is C[C@@H]1CCC[N+]1(C(=O)NCC1CCN(C(=N)N)CC1)C(=O)[C@H](C)N(c1ccccc1)S(=O)(=O)c1ccc(C(=O)O)cc1. The van der Waals surface area contributed by atoms with E-state index in [9.17, 15) is 27.9 Å². The Morgan fingerprint density at radius 2 is 1.71 bits per heavy atom. The maximum Gasteiger partial charge on any atom is 0.424 e. The Balaban J connectivity index is 1.63. The van der Waals surface area contributed by atoms with Gasteiger partial charge in [0.2, 0.25) is 0 Å². The van der Waals surface area contributed by atoms with Gasteiger partial charge in [0.1, 0.15) is 6.04 Å². The highest BCUT2D eigenvalue weighted by Gasteiger charge is 2.56. The molecule has 13 heteroatoms. The van der Waals surface area contributed by atoms with Crippen LogP contribution in [0.4, 0.5) is 10.5 Å². The monoisotopic (exact) mass is 599 g/mol. The molecule has 12 nitrogen and oxygen atoms in total. The Kier molecular flexibility index (Phi) is 9.21. The first kappa shape index (κ1) is 31.0. The van der Waals surface area contributed by atoms with E-state index in [-0.39, 0.29) is 40.6 Å². The summed E-state index contributed by atoms with van der Waals surface area (Å²) in [5, 5.41) is 19.9. The Bertz CT molecular complexity index is 1430. The van der Waals surface area contributed by atoms with E-state index in [1.807, 2.05) is 6.92 Å². The number of imide groups is 1. The topological polar surface area (TPSA) is 174 Å². The molecule has 3 atom stereocenters. The number of guanidine groups is 1. The molecule has 5 N–H and O–H groups in total. The first-order chi connectivity index (χ1) is 19.9. The third-order valence-corrected chi connectivity index (χ3v) is 10.4. The summed E-state index contributed by atoms with van der Waals surface area (Å²) in [4.78, 5) is 41.2. The first-order valence-corrected chi connectivity index (χ1v) is 15.6. The number of carbonyl (C=O) groups excluding carboxylic acids is 2. The Hall–Kier alpha value is -3.97. The number of carboxylic acids is 1. The number of sulfonamides is 1. The third kappa shape index (κ3) is 5.97. The molecule has 2 heterocycles. The maximum absolute atomic E-state index is 14.4. The van der Waals surface area contributed by atoms with Crippen LogP contribution in [0.3, 0.4) is 0 Å². The molecule has 0 spiro atoms. The van der Waals surface area contributed by atoms with Crippen molar-refractivity contribution in [1.82, 2.24) is 10.2 Å². The fraction of sp³-hybridized carbons (Fsp3) is 0.448. The lowest BCUT2D eigenvalue weighted by Gasteiger charge is -2.38. The van der Waals surface area contributed by atoms with Gasteiger partial charge in [-0.15, -0.1) is 0 Å². The number of quaternary nitrogens is 1. The number of piperidine rings is 1. The zero-order chi connectivity index (χ0) is 30.7.